The van der Waals surface area contributed by atoms with Gasteiger partial charge in [-0.15, -0.1) is 0 Å². The summed E-state index contributed by atoms with van der Waals surface area (Å²) in [5.74, 6) is 1.26. The molecule has 0 aromatic heterocycles. The SMILES string of the molecule is CCCCOc1cccc(CNC(=O)NC2CCC(CO)CC2)c1. The van der Waals surface area contributed by atoms with Crippen LogP contribution in [0.3, 0.4) is 0 Å². The molecule has 0 saturated heterocycles. The summed E-state index contributed by atoms with van der Waals surface area (Å²) in [4.78, 5) is 12.0. The summed E-state index contributed by atoms with van der Waals surface area (Å²) in [5.41, 5.74) is 1.03. The molecule has 2 rings (SSSR count). The van der Waals surface area contributed by atoms with E-state index in [4.69, 9.17) is 9.84 Å². The van der Waals surface area contributed by atoms with Gasteiger partial charge in [-0.2, -0.15) is 0 Å². The highest BCUT2D eigenvalue weighted by Gasteiger charge is 2.21. The standard InChI is InChI=1S/C19H30N2O3/c1-2-3-11-24-18-6-4-5-16(12-18)13-20-19(23)21-17-9-7-15(14-22)8-10-17/h4-6,12,15,17,22H,2-3,7-11,13-14H2,1H3,(H2,20,21,23). The maximum atomic E-state index is 12.0. The minimum atomic E-state index is -0.125. The number of nitrogens with one attached hydrogen (secondary N) is 2. The summed E-state index contributed by atoms with van der Waals surface area (Å²) in [6.45, 7) is 3.61. The largest absolute Gasteiger partial charge is 0.494 e. The molecule has 0 aliphatic heterocycles. The third-order valence-corrected chi connectivity index (χ3v) is 4.56. The smallest absolute Gasteiger partial charge is 0.315 e. The molecule has 3 N–H and O–H groups in total. The molecule has 134 valence electrons. The number of aliphatic hydroxyl groups excluding tert-OH is 1. The van der Waals surface area contributed by atoms with Crippen molar-refractivity contribution in [2.75, 3.05) is 13.2 Å². The molecule has 1 aliphatic rings. The van der Waals surface area contributed by atoms with Crippen molar-refractivity contribution in [3.05, 3.63) is 29.8 Å². The van der Waals surface area contributed by atoms with Crippen LogP contribution in [-0.4, -0.2) is 30.4 Å². The summed E-state index contributed by atoms with van der Waals surface area (Å²) in [7, 11) is 0. The van der Waals surface area contributed by atoms with Crippen LogP contribution in [0.5, 0.6) is 5.75 Å². The highest BCUT2D eigenvalue weighted by Crippen LogP contribution is 2.23. The van der Waals surface area contributed by atoms with Gasteiger partial charge in [-0.1, -0.05) is 25.5 Å². The van der Waals surface area contributed by atoms with Crippen molar-refractivity contribution in [2.45, 2.75) is 58.0 Å². The predicted molar refractivity (Wildman–Crippen MR) is 95.0 cm³/mol. The Bertz CT molecular complexity index is 499. The van der Waals surface area contributed by atoms with Crippen LogP contribution >= 0.6 is 0 Å². The molecule has 5 heteroatoms. The van der Waals surface area contributed by atoms with Crippen molar-refractivity contribution in [3.8, 4) is 5.75 Å². The first-order valence-electron chi connectivity index (χ1n) is 9.08. The van der Waals surface area contributed by atoms with E-state index in [0.717, 1.165) is 56.4 Å². The Hall–Kier alpha value is -1.75. The summed E-state index contributed by atoms with van der Waals surface area (Å²) in [6, 6.07) is 7.95. The molecular weight excluding hydrogens is 304 g/mol. The van der Waals surface area contributed by atoms with Crippen molar-refractivity contribution in [2.24, 2.45) is 5.92 Å². The minimum Gasteiger partial charge on any atom is -0.494 e. The number of hydrogen-bond donors (Lipinski definition) is 3. The van der Waals surface area contributed by atoms with Crippen LogP contribution in [0, 0.1) is 5.92 Å². The fourth-order valence-corrected chi connectivity index (χ4v) is 2.99. The van der Waals surface area contributed by atoms with Crippen molar-refractivity contribution in [3.63, 3.8) is 0 Å². The minimum absolute atomic E-state index is 0.125. The molecule has 1 aliphatic carbocycles. The molecule has 0 atom stereocenters. The highest BCUT2D eigenvalue weighted by molar-refractivity contribution is 5.74. The van der Waals surface area contributed by atoms with Gasteiger partial charge in [0.15, 0.2) is 0 Å². The van der Waals surface area contributed by atoms with E-state index in [2.05, 4.69) is 17.6 Å². The van der Waals surface area contributed by atoms with Crippen LogP contribution < -0.4 is 15.4 Å². The van der Waals surface area contributed by atoms with Crippen LogP contribution in [0.15, 0.2) is 24.3 Å². The van der Waals surface area contributed by atoms with Gasteiger partial charge in [0.2, 0.25) is 0 Å². The van der Waals surface area contributed by atoms with Gasteiger partial charge in [-0.05, 0) is 55.7 Å². The number of aliphatic hydroxyl groups is 1. The van der Waals surface area contributed by atoms with Crippen LogP contribution in [0.4, 0.5) is 4.79 Å². The average Bonchev–Trinajstić information content (AvgIpc) is 2.61. The quantitative estimate of drug-likeness (QED) is 0.639. The van der Waals surface area contributed by atoms with Gasteiger partial charge in [-0.25, -0.2) is 4.79 Å². The molecule has 24 heavy (non-hydrogen) atoms. The topological polar surface area (TPSA) is 70.6 Å². The lowest BCUT2D eigenvalue weighted by Crippen LogP contribution is -2.43. The molecule has 0 spiro atoms. The summed E-state index contributed by atoms with van der Waals surface area (Å²) < 4.78 is 5.69. The number of benzene rings is 1. The molecule has 5 nitrogen and oxygen atoms in total. The van der Waals surface area contributed by atoms with E-state index >= 15 is 0 Å². The van der Waals surface area contributed by atoms with E-state index in [1.807, 2.05) is 24.3 Å². The van der Waals surface area contributed by atoms with Crippen LogP contribution in [0.1, 0.15) is 51.0 Å². The van der Waals surface area contributed by atoms with Crippen molar-refractivity contribution < 1.29 is 14.6 Å². The lowest BCUT2D eigenvalue weighted by Gasteiger charge is -2.27. The van der Waals surface area contributed by atoms with Crippen LogP contribution in [0.2, 0.25) is 0 Å². The van der Waals surface area contributed by atoms with Crippen molar-refractivity contribution in [1.29, 1.82) is 0 Å². The van der Waals surface area contributed by atoms with Gasteiger partial charge in [0.05, 0.1) is 6.61 Å². The zero-order valence-electron chi connectivity index (χ0n) is 14.6. The molecule has 0 bridgehead atoms. The van der Waals surface area contributed by atoms with E-state index < -0.39 is 0 Å². The molecular formula is C19H30N2O3. The fourth-order valence-electron chi connectivity index (χ4n) is 2.99. The summed E-state index contributed by atoms with van der Waals surface area (Å²) in [5, 5.41) is 15.1. The number of unbranched alkanes of at least 4 members (excludes halogenated alkanes) is 1. The number of urea groups is 1. The first kappa shape index (κ1) is 18.6. The van der Waals surface area contributed by atoms with E-state index in [1.165, 1.54) is 0 Å². The second-order valence-corrected chi connectivity index (χ2v) is 6.58. The van der Waals surface area contributed by atoms with Crippen LogP contribution in [-0.2, 0) is 6.54 Å². The third-order valence-electron chi connectivity index (χ3n) is 4.56. The van der Waals surface area contributed by atoms with Crippen molar-refractivity contribution >= 4 is 6.03 Å². The lowest BCUT2D eigenvalue weighted by atomic mass is 9.87. The zero-order chi connectivity index (χ0) is 17.2. The van der Waals surface area contributed by atoms with E-state index in [0.29, 0.717) is 12.5 Å². The maximum absolute atomic E-state index is 12.0. The first-order chi connectivity index (χ1) is 11.7. The molecule has 1 aromatic carbocycles. The number of ether oxygens (including phenoxy) is 1. The summed E-state index contributed by atoms with van der Waals surface area (Å²) in [6.07, 6.45) is 6.01. The van der Waals surface area contributed by atoms with Gasteiger partial charge >= 0.3 is 6.03 Å². The first-order valence-corrected chi connectivity index (χ1v) is 9.08. The molecule has 0 radical (unpaired) electrons. The summed E-state index contributed by atoms with van der Waals surface area (Å²) >= 11 is 0. The Balaban J connectivity index is 1.70. The van der Waals surface area contributed by atoms with Crippen molar-refractivity contribution in [1.82, 2.24) is 10.6 Å². The number of rotatable bonds is 8. The van der Waals surface area contributed by atoms with E-state index in [1.54, 1.807) is 0 Å². The molecule has 1 saturated carbocycles. The Kier molecular flexibility index (Phi) is 7.89. The maximum Gasteiger partial charge on any atom is 0.315 e. The number of amides is 2. The highest BCUT2D eigenvalue weighted by atomic mass is 16.5. The van der Waals surface area contributed by atoms with E-state index in [9.17, 15) is 4.79 Å². The second kappa shape index (κ2) is 10.2. The van der Waals surface area contributed by atoms with Crippen LogP contribution in [0.25, 0.3) is 0 Å². The molecule has 0 heterocycles. The molecule has 2 amide bonds. The average molecular weight is 334 g/mol. The normalized spacial score (nSPS) is 20.4. The number of hydrogen-bond acceptors (Lipinski definition) is 3. The Labute approximate surface area is 144 Å². The Morgan fingerprint density at radius 1 is 1.29 bits per heavy atom. The van der Waals surface area contributed by atoms with Gasteiger partial charge in [0.25, 0.3) is 0 Å². The zero-order valence-corrected chi connectivity index (χ0v) is 14.6. The number of carbonyl (C=O) groups is 1. The third kappa shape index (κ3) is 6.40. The van der Waals surface area contributed by atoms with Gasteiger partial charge < -0.3 is 20.5 Å². The van der Waals surface area contributed by atoms with Gasteiger partial charge in [0, 0.05) is 19.2 Å². The van der Waals surface area contributed by atoms with Gasteiger partial charge in [-0.3, -0.25) is 0 Å². The molecule has 0 unspecified atom stereocenters. The Morgan fingerprint density at radius 3 is 2.79 bits per heavy atom. The van der Waals surface area contributed by atoms with Gasteiger partial charge in [0.1, 0.15) is 5.75 Å². The molecule has 1 aromatic rings. The lowest BCUT2D eigenvalue weighted by molar-refractivity contribution is 0.174. The second-order valence-electron chi connectivity index (χ2n) is 6.58. The number of carbonyl (C=O) groups excluding carboxylic acids is 1. The molecule has 1 fully saturated rings. The monoisotopic (exact) mass is 334 g/mol. The predicted octanol–water partition coefficient (Wildman–Crippen LogP) is 3.22. The van der Waals surface area contributed by atoms with E-state index in [-0.39, 0.29) is 18.7 Å². The fraction of sp³-hybridized carbons (Fsp3) is 0.632. The Morgan fingerprint density at radius 2 is 2.08 bits per heavy atom.